The molecule has 0 aromatic heterocycles. The Bertz CT molecular complexity index is 138. The maximum atomic E-state index is 9.38. The number of aliphatic hydroxyl groups is 1. The van der Waals surface area contributed by atoms with Crippen molar-refractivity contribution in [2.45, 2.75) is 44.9 Å². The van der Waals surface area contributed by atoms with Crippen LogP contribution in [-0.2, 0) is 0 Å². The van der Waals surface area contributed by atoms with Crippen LogP contribution in [0.3, 0.4) is 0 Å². The number of likely N-dealkylation sites (tertiary alicyclic amines) is 1. The van der Waals surface area contributed by atoms with Crippen molar-refractivity contribution in [3.8, 4) is 0 Å². The van der Waals surface area contributed by atoms with Crippen molar-refractivity contribution in [3.63, 3.8) is 0 Å². The van der Waals surface area contributed by atoms with Gasteiger partial charge < -0.3 is 10.8 Å². The number of nitrogens with two attached hydrogens (primary N) is 1. The van der Waals surface area contributed by atoms with Crippen molar-refractivity contribution in [2.24, 2.45) is 5.73 Å². The summed E-state index contributed by atoms with van der Waals surface area (Å²) in [5.41, 5.74) is 5.84. The van der Waals surface area contributed by atoms with Gasteiger partial charge in [0.25, 0.3) is 0 Å². The fraction of sp³-hybridized carbons (Fsp3) is 1.00. The third-order valence-electron chi connectivity index (χ3n) is 2.76. The normalized spacial score (nSPS) is 31.5. The maximum absolute atomic E-state index is 9.38. The molecule has 1 aliphatic heterocycles. The van der Waals surface area contributed by atoms with Crippen molar-refractivity contribution in [1.82, 2.24) is 4.90 Å². The number of piperidine rings is 1. The molecule has 0 aliphatic carbocycles. The second-order valence-corrected chi connectivity index (χ2v) is 3.88. The molecule has 1 aliphatic rings. The first kappa shape index (κ1) is 9.96. The summed E-state index contributed by atoms with van der Waals surface area (Å²) in [7, 11) is 0. The molecule has 0 amide bonds. The lowest BCUT2D eigenvalue weighted by molar-refractivity contribution is 0.0541. The Kier molecular flexibility index (Phi) is 3.50. The molecule has 1 rings (SSSR count). The molecular formula is C9H20N2O. The van der Waals surface area contributed by atoms with Crippen molar-refractivity contribution in [1.29, 1.82) is 0 Å². The Morgan fingerprint density at radius 2 is 2.17 bits per heavy atom. The van der Waals surface area contributed by atoms with Crippen LogP contribution in [0.2, 0.25) is 0 Å². The van der Waals surface area contributed by atoms with Crippen molar-refractivity contribution in [3.05, 3.63) is 0 Å². The van der Waals surface area contributed by atoms with Crippen molar-refractivity contribution >= 4 is 0 Å². The quantitative estimate of drug-likeness (QED) is 0.624. The van der Waals surface area contributed by atoms with Gasteiger partial charge in [-0.15, -0.1) is 0 Å². The van der Waals surface area contributed by atoms with Gasteiger partial charge in [-0.25, -0.2) is 0 Å². The van der Waals surface area contributed by atoms with E-state index in [0.717, 1.165) is 25.9 Å². The summed E-state index contributed by atoms with van der Waals surface area (Å²) in [6.45, 7) is 5.92. The van der Waals surface area contributed by atoms with E-state index in [1.54, 1.807) is 0 Å². The molecule has 0 aromatic rings. The van der Waals surface area contributed by atoms with Crippen molar-refractivity contribution in [2.75, 3.05) is 13.1 Å². The van der Waals surface area contributed by atoms with Gasteiger partial charge in [-0.3, -0.25) is 4.90 Å². The van der Waals surface area contributed by atoms with Crippen LogP contribution in [0.25, 0.3) is 0 Å². The summed E-state index contributed by atoms with van der Waals surface area (Å²) < 4.78 is 0. The molecule has 0 radical (unpaired) electrons. The molecule has 1 heterocycles. The Balaban J connectivity index is 2.40. The highest BCUT2D eigenvalue weighted by Crippen LogP contribution is 2.13. The largest absolute Gasteiger partial charge is 0.392 e. The number of rotatable bonds is 2. The zero-order valence-corrected chi connectivity index (χ0v) is 8.03. The van der Waals surface area contributed by atoms with E-state index in [9.17, 15) is 5.11 Å². The molecule has 1 fully saturated rings. The Morgan fingerprint density at radius 3 is 2.67 bits per heavy atom. The average Bonchev–Trinajstić information content (AvgIpc) is 2.03. The molecule has 3 heteroatoms. The van der Waals surface area contributed by atoms with Crippen LogP contribution in [0, 0.1) is 0 Å². The second kappa shape index (κ2) is 4.21. The van der Waals surface area contributed by atoms with E-state index in [-0.39, 0.29) is 12.1 Å². The predicted molar refractivity (Wildman–Crippen MR) is 49.9 cm³/mol. The van der Waals surface area contributed by atoms with Crippen LogP contribution >= 0.6 is 0 Å². The lowest BCUT2D eigenvalue weighted by Crippen LogP contribution is -2.49. The third kappa shape index (κ3) is 2.44. The van der Waals surface area contributed by atoms with Gasteiger partial charge in [0, 0.05) is 18.6 Å². The minimum Gasteiger partial charge on any atom is -0.392 e. The molecule has 0 aromatic carbocycles. The van der Waals surface area contributed by atoms with Gasteiger partial charge in [0.05, 0.1) is 6.10 Å². The smallest absolute Gasteiger partial charge is 0.0664 e. The Morgan fingerprint density at radius 1 is 1.50 bits per heavy atom. The zero-order valence-electron chi connectivity index (χ0n) is 8.03. The third-order valence-corrected chi connectivity index (χ3v) is 2.76. The summed E-state index contributed by atoms with van der Waals surface area (Å²) in [6.07, 6.45) is 2.04. The molecule has 1 saturated heterocycles. The molecule has 3 atom stereocenters. The number of aliphatic hydroxyl groups excluding tert-OH is 1. The zero-order chi connectivity index (χ0) is 9.14. The van der Waals surface area contributed by atoms with E-state index in [1.807, 2.05) is 6.92 Å². The minimum atomic E-state index is -0.254. The number of hydrogen-bond acceptors (Lipinski definition) is 3. The van der Waals surface area contributed by atoms with Gasteiger partial charge >= 0.3 is 0 Å². The highest BCUT2D eigenvalue weighted by molar-refractivity contribution is 4.80. The molecule has 0 bridgehead atoms. The minimum absolute atomic E-state index is 0.247. The average molecular weight is 172 g/mol. The number of nitrogens with zero attached hydrogens (tertiary/aromatic N) is 1. The van der Waals surface area contributed by atoms with Gasteiger partial charge in [0.15, 0.2) is 0 Å². The van der Waals surface area contributed by atoms with Crippen LogP contribution in [-0.4, -0.2) is 41.3 Å². The highest BCUT2D eigenvalue weighted by atomic mass is 16.3. The van der Waals surface area contributed by atoms with Crippen LogP contribution < -0.4 is 5.73 Å². The molecule has 0 spiro atoms. The monoisotopic (exact) mass is 172 g/mol. The fourth-order valence-corrected chi connectivity index (χ4v) is 1.72. The molecule has 12 heavy (non-hydrogen) atoms. The number of hydrogen-bond donors (Lipinski definition) is 2. The van der Waals surface area contributed by atoms with E-state index < -0.39 is 0 Å². The molecule has 2 unspecified atom stereocenters. The SMILES string of the molecule is CC(O)C(C)N1CCC[C@@H](N)C1. The van der Waals surface area contributed by atoms with E-state index in [1.165, 1.54) is 0 Å². The van der Waals surface area contributed by atoms with Gasteiger partial charge in [-0.05, 0) is 33.2 Å². The van der Waals surface area contributed by atoms with Crippen LogP contribution in [0.5, 0.6) is 0 Å². The summed E-state index contributed by atoms with van der Waals surface area (Å²) in [5, 5.41) is 9.38. The van der Waals surface area contributed by atoms with E-state index in [0.29, 0.717) is 6.04 Å². The van der Waals surface area contributed by atoms with Gasteiger partial charge in [-0.1, -0.05) is 0 Å². The Labute approximate surface area is 74.5 Å². The van der Waals surface area contributed by atoms with Gasteiger partial charge in [0.1, 0.15) is 0 Å². The fourth-order valence-electron chi connectivity index (χ4n) is 1.72. The van der Waals surface area contributed by atoms with Crippen molar-refractivity contribution < 1.29 is 5.11 Å². The highest BCUT2D eigenvalue weighted by Gasteiger charge is 2.23. The van der Waals surface area contributed by atoms with E-state index >= 15 is 0 Å². The van der Waals surface area contributed by atoms with Gasteiger partial charge in [0.2, 0.25) is 0 Å². The Hall–Kier alpha value is -0.120. The molecular weight excluding hydrogens is 152 g/mol. The lowest BCUT2D eigenvalue weighted by Gasteiger charge is -2.36. The molecule has 3 nitrogen and oxygen atoms in total. The van der Waals surface area contributed by atoms with Crippen LogP contribution in [0.15, 0.2) is 0 Å². The summed E-state index contributed by atoms with van der Waals surface area (Å²) in [6, 6.07) is 0.552. The standard InChI is InChI=1S/C9H20N2O/c1-7(8(2)12)11-5-3-4-9(10)6-11/h7-9,12H,3-6,10H2,1-2H3/t7?,8?,9-/m1/s1. The molecule has 0 saturated carbocycles. The first-order valence-electron chi connectivity index (χ1n) is 4.79. The second-order valence-electron chi connectivity index (χ2n) is 3.88. The van der Waals surface area contributed by atoms with E-state index in [4.69, 9.17) is 5.73 Å². The first-order valence-corrected chi connectivity index (χ1v) is 4.79. The topological polar surface area (TPSA) is 49.5 Å². The summed E-state index contributed by atoms with van der Waals surface area (Å²) in [4.78, 5) is 2.28. The summed E-state index contributed by atoms with van der Waals surface area (Å²) in [5.74, 6) is 0. The maximum Gasteiger partial charge on any atom is 0.0664 e. The van der Waals surface area contributed by atoms with Crippen LogP contribution in [0.1, 0.15) is 26.7 Å². The molecule has 72 valence electrons. The first-order chi connectivity index (χ1) is 5.61. The van der Waals surface area contributed by atoms with Gasteiger partial charge in [-0.2, -0.15) is 0 Å². The summed E-state index contributed by atoms with van der Waals surface area (Å²) >= 11 is 0. The lowest BCUT2D eigenvalue weighted by atomic mass is 10.0. The predicted octanol–water partition coefficient (Wildman–Crippen LogP) is 0.179. The molecule has 3 N–H and O–H groups in total. The van der Waals surface area contributed by atoms with Crippen LogP contribution in [0.4, 0.5) is 0 Å². The van der Waals surface area contributed by atoms with E-state index in [2.05, 4.69) is 11.8 Å².